The van der Waals surface area contributed by atoms with Crippen molar-refractivity contribution in [1.29, 1.82) is 0 Å². The van der Waals surface area contributed by atoms with Crippen molar-refractivity contribution in [3.8, 4) is 0 Å². The fourth-order valence-corrected chi connectivity index (χ4v) is 1.22. The van der Waals surface area contributed by atoms with E-state index in [2.05, 4.69) is 43.5 Å². The molecule has 1 nitrogen and oxygen atoms in total. The Bertz CT molecular complexity index is 224. The first-order chi connectivity index (χ1) is 4.20. The molecule has 1 aromatic rings. The molecule has 1 heterocycles. The van der Waals surface area contributed by atoms with Crippen LogP contribution in [0, 0.1) is 10.5 Å². The zero-order chi connectivity index (χ0) is 6.85. The van der Waals surface area contributed by atoms with Crippen LogP contribution in [0.3, 0.4) is 0 Å². The van der Waals surface area contributed by atoms with Crippen molar-refractivity contribution in [2.24, 2.45) is 0 Å². The highest BCUT2D eigenvalue weighted by molar-refractivity contribution is 14.1. The Labute approximate surface area is 76.1 Å². The second-order valence-electron chi connectivity index (χ2n) is 1.73. The third-order valence-electron chi connectivity index (χ3n) is 0.942. The van der Waals surface area contributed by atoms with Gasteiger partial charge in [-0.2, -0.15) is 0 Å². The van der Waals surface area contributed by atoms with Crippen LogP contribution in [0.25, 0.3) is 0 Å². The number of halogens is 2. The average molecular weight is 298 g/mol. The molecule has 0 saturated heterocycles. The van der Waals surface area contributed by atoms with Gasteiger partial charge in [0.05, 0.1) is 0 Å². The van der Waals surface area contributed by atoms with E-state index in [9.17, 15) is 0 Å². The molecule has 48 valence electrons. The van der Waals surface area contributed by atoms with E-state index in [0.717, 1.165) is 13.9 Å². The number of hydrogen-bond donors (Lipinski definition) is 0. The zero-order valence-electron chi connectivity index (χ0n) is 4.86. The molecule has 0 N–H and O–H groups in total. The summed E-state index contributed by atoms with van der Waals surface area (Å²) < 4.78 is 2.08. The van der Waals surface area contributed by atoms with Crippen LogP contribution in [0.5, 0.6) is 0 Å². The second kappa shape index (κ2) is 2.96. The van der Waals surface area contributed by atoms with Crippen LogP contribution in [-0.4, -0.2) is 4.98 Å². The molecule has 3 heteroatoms. The number of rotatable bonds is 0. The zero-order valence-corrected chi connectivity index (χ0v) is 8.60. The fourth-order valence-electron chi connectivity index (χ4n) is 0.508. The summed E-state index contributed by atoms with van der Waals surface area (Å²) in [7, 11) is 0. The highest BCUT2D eigenvalue weighted by Crippen LogP contribution is 2.15. The summed E-state index contributed by atoms with van der Waals surface area (Å²) in [5, 5.41) is 0. The number of pyridine rings is 1. The van der Waals surface area contributed by atoms with Gasteiger partial charge in [-0.1, -0.05) is 0 Å². The van der Waals surface area contributed by atoms with Gasteiger partial charge < -0.3 is 0 Å². The quantitative estimate of drug-likeness (QED) is 0.530. The van der Waals surface area contributed by atoms with Crippen LogP contribution in [0.15, 0.2) is 16.7 Å². The number of nitrogens with zero attached hydrogens (tertiary/aromatic N) is 1. The molecule has 0 aliphatic carbocycles. The van der Waals surface area contributed by atoms with Crippen LogP contribution >= 0.6 is 38.5 Å². The van der Waals surface area contributed by atoms with E-state index in [0.29, 0.717) is 0 Å². The van der Waals surface area contributed by atoms with Crippen molar-refractivity contribution in [2.45, 2.75) is 6.92 Å². The molecule has 0 aliphatic heterocycles. The van der Waals surface area contributed by atoms with Crippen molar-refractivity contribution < 1.29 is 0 Å². The number of aromatic nitrogens is 1. The Balaban J connectivity index is 3.17. The van der Waals surface area contributed by atoms with Crippen LogP contribution in [-0.2, 0) is 0 Å². The standard InChI is InChI=1S/C6H5BrIN/c1-4-2-3-5(8)6(7)9-4/h2-3H,1H3. The molecule has 1 rings (SSSR count). The van der Waals surface area contributed by atoms with Crippen LogP contribution in [0.4, 0.5) is 0 Å². The van der Waals surface area contributed by atoms with Crippen LogP contribution in [0.2, 0.25) is 0 Å². The maximum absolute atomic E-state index is 4.18. The number of hydrogen-bond acceptors (Lipinski definition) is 1. The summed E-state index contributed by atoms with van der Waals surface area (Å²) in [6.07, 6.45) is 0. The van der Waals surface area contributed by atoms with Crippen LogP contribution in [0.1, 0.15) is 5.69 Å². The van der Waals surface area contributed by atoms with Gasteiger partial charge in [0, 0.05) is 9.26 Å². The lowest BCUT2D eigenvalue weighted by molar-refractivity contribution is 1.15. The topological polar surface area (TPSA) is 12.9 Å². The van der Waals surface area contributed by atoms with Crippen LogP contribution < -0.4 is 0 Å². The van der Waals surface area contributed by atoms with Crippen molar-refractivity contribution in [3.63, 3.8) is 0 Å². The Morgan fingerprint density at radius 1 is 1.56 bits per heavy atom. The summed E-state index contributed by atoms with van der Waals surface area (Å²) in [6, 6.07) is 4.03. The summed E-state index contributed by atoms with van der Waals surface area (Å²) in [4.78, 5) is 4.18. The molecule has 0 saturated carbocycles. The summed E-state index contributed by atoms with van der Waals surface area (Å²) >= 11 is 5.56. The van der Waals surface area contributed by atoms with Crippen molar-refractivity contribution >= 4 is 38.5 Å². The minimum Gasteiger partial charge on any atom is -0.245 e. The first kappa shape index (κ1) is 7.47. The predicted octanol–water partition coefficient (Wildman–Crippen LogP) is 2.76. The van der Waals surface area contributed by atoms with E-state index in [1.807, 2.05) is 19.1 Å². The molecule has 0 aromatic carbocycles. The molecule has 0 radical (unpaired) electrons. The third-order valence-corrected chi connectivity index (χ3v) is 3.16. The van der Waals surface area contributed by atoms with Gasteiger partial charge in [0.25, 0.3) is 0 Å². The van der Waals surface area contributed by atoms with E-state index < -0.39 is 0 Å². The summed E-state index contributed by atoms with van der Waals surface area (Å²) in [5.41, 5.74) is 1.04. The molecule has 1 aromatic heterocycles. The lowest BCUT2D eigenvalue weighted by atomic mass is 10.4. The van der Waals surface area contributed by atoms with Gasteiger partial charge in [-0.15, -0.1) is 0 Å². The molecule has 0 bridgehead atoms. The number of aryl methyl sites for hydroxylation is 1. The summed E-state index contributed by atoms with van der Waals surface area (Å²) in [5.74, 6) is 0. The molecule has 0 atom stereocenters. The van der Waals surface area contributed by atoms with E-state index in [-0.39, 0.29) is 0 Å². The summed E-state index contributed by atoms with van der Waals surface area (Å²) in [6.45, 7) is 1.97. The van der Waals surface area contributed by atoms with Gasteiger partial charge in [-0.25, -0.2) is 4.98 Å². The van der Waals surface area contributed by atoms with Gasteiger partial charge in [-0.3, -0.25) is 0 Å². The lowest BCUT2D eigenvalue weighted by Crippen LogP contribution is -1.83. The van der Waals surface area contributed by atoms with Gasteiger partial charge in [0.1, 0.15) is 4.60 Å². The Morgan fingerprint density at radius 2 is 2.22 bits per heavy atom. The van der Waals surface area contributed by atoms with Gasteiger partial charge in [0.15, 0.2) is 0 Å². The smallest absolute Gasteiger partial charge is 0.119 e. The van der Waals surface area contributed by atoms with Gasteiger partial charge in [-0.05, 0) is 57.6 Å². The highest BCUT2D eigenvalue weighted by atomic mass is 127. The molecule has 0 amide bonds. The highest BCUT2D eigenvalue weighted by Gasteiger charge is 1.94. The first-order valence-electron chi connectivity index (χ1n) is 2.49. The fraction of sp³-hybridized carbons (Fsp3) is 0.167. The predicted molar refractivity (Wildman–Crippen MR) is 49.4 cm³/mol. The molecule has 0 spiro atoms. The molecule has 0 aliphatic rings. The van der Waals surface area contributed by atoms with Gasteiger partial charge in [0.2, 0.25) is 0 Å². The Kier molecular flexibility index (Phi) is 2.46. The Hall–Kier alpha value is 0.360. The minimum absolute atomic E-state index is 0.933. The Morgan fingerprint density at radius 3 is 2.67 bits per heavy atom. The van der Waals surface area contributed by atoms with E-state index in [4.69, 9.17) is 0 Å². The SMILES string of the molecule is Cc1ccc(I)c(Br)n1. The maximum Gasteiger partial charge on any atom is 0.119 e. The van der Waals surface area contributed by atoms with Crippen molar-refractivity contribution in [1.82, 2.24) is 4.98 Å². The van der Waals surface area contributed by atoms with E-state index >= 15 is 0 Å². The monoisotopic (exact) mass is 297 g/mol. The largest absolute Gasteiger partial charge is 0.245 e. The van der Waals surface area contributed by atoms with E-state index in [1.54, 1.807) is 0 Å². The molecule has 9 heavy (non-hydrogen) atoms. The maximum atomic E-state index is 4.18. The van der Waals surface area contributed by atoms with Crippen molar-refractivity contribution in [2.75, 3.05) is 0 Å². The minimum atomic E-state index is 0.933. The van der Waals surface area contributed by atoms with Gasteiger partial charge >= 0.3 is 0 Å². The van der Waals surface area contributed by atoms with E-state index in [1.165, 1.54) is 0 Å². The van der Waals surface area contributed by atoms with Crippen molar-refractivity contribution in [3.05, 3.63) is 26.0 Å². The molecular formula is C6H5BrIN. The molecule has 0 fully saturated rings. The normalized spacial score (nSPS) is 9.67. The first-order valence-corrected chi connectivity index (χ1v) is 4.36. The molecular weight excluding hydrogens is 293 g/mol. The average Bonchev–Trinajstić information content (AvgIpc) is 1.80. The third kappa shape index (κ3) is 1.89. The second-order valence-corrected chi connectivity index (χ2v) is 3.64. The molecule has 0 unspecified atom stereocenters. The lowest BCUT2D eigenvalue weighted by Gasteiger charge is -1.94.